The van der Waals surface area contributed by atoms with Crippen molar-refractivity contribution in [1.29, 1.82) is 0 Å². The van der Waals surface area contributed by atoms with Crippen LogP contribution in [0.25, 0.3) is 22.5 Å². The summed E-state index contributed by atoms with van der Waals surface area (Å²) in [6.45, 7) is 2.06. The molecule has 0 radical (unpaired) electrons. The van der Waals surface area contributed by atoms with Gasteiger partial charge in [-0.05, 0) is 42.7 Å². The van der Waals surface area contributed by atoms with Gasteiger partial charge in [0.15, 0.2) is 0 Å². The third-order valence-electron chi connectivity index (χ3n) is 3.32. The molecule has 0 unspecified atom stereocenters. The Morgan fingerprint density at radius 1 is 0.905 bits per heavy atom. The summed E-state index contributed by atoms with van der Waals surface area (Å²) in [4.78, 5) is 8.87. The van der Waals surface area contributed by atoms with Crippen molar-refractivity contribution in [2.75, 3.05) is 0 Å². The largest absolute Gasteiger partial charge is 0.255 e. The first-order chi connectivity index (χ1) is 10.3. The van der Waals surface area contributed by atoms with E-state index in [-0.39, 0.29) is 0 Å². The minimum atomic E-state index is 0.641. The standard InChI is InChI=1S/C19H14N2/c1-3-17-16(15-9-7-14(2)8-10-15)11-12-19(21-17)18-6-4-5-13-20-18/h1,4-13H,2H3. The van der Waals surface area contributed by atoms with E-state index in [9.17, 15) is 0 Å². The van der Waals surface area contributed by atoms with Gasteiger partial charge in [0.25, 0.3) is 0 Å². The highest BCUT2D eigenvalue weighted by Crippen LogP contribution is 2.25. The molecule has 100 valence electrons. The van der Waals surface area contributed by atoms with Crippen LogP contribution >= 0.6 is 0 Å². The molecule has 2 nitrogen and oxygen atoms in total. The highest BCUT2D eigenvalue weighted by molar-refractivity contribution is 5.71. The maximum atomic E-state index is 5.63. The molecule has 0 amide bonds. The van der Waals surface area contributed by atoms with Gasteiger partial charge < -0.3 is 0 Å². The van der Waals surface area contributed by atoms with E-state index in [1.807, 2.05) is 30.3 Å². The third kappa shape index (κ3) is 2.68. The van der Waals surface area contributed by atoms with Crippen LogP contribution in [-0.2, 0) is 0 Å². The summed E-state index contributed by atoms with van der Waals surface area (Å²) >= 11 is 0. The van der Waals surface area contributed by atoms with Gasteiger partial charge in [0.2, 0.25) is 0 Å². The van der Waals surface area contributed by atoms with Crippen molar-refractivity contribution in [3.63, 3.8) is 0 Å². The van der Waals surface area contributed by atoms with Crippen LogP contribution in [0.1, 0.15) is 11.3 Å². The second-order valence-electron chi connectivity index (χ2n) is 4.82. The van der Waals surface area contributed by atoms with Gasteiger partial charge in [0, 0.05) is 11.8 Å². The summed E-state index contributed by atoms with van der Waals surface area (Å²) in [6, 6.07) is 18.0. The maximum absolute atomic E-state index is 5.63. The van der Waals surface area contributed by atoms with E-state index in [2.05, 4.69) is 47.1 Å². The molecule has 0 atom stereocenters. The molecule has 21 heavy (non-hydrogen) atoms. The Labute approximate surface area is 124 Å². The average Bonchev–Trinajstić information content (AvgIpc) is 2.56. The fourth-order valence-corrected chi connectivity index (χ4v) is 2.19. The summed E-state index contributed by atoms with van der Waals surface area (Å²) in [6.07, 6.45) is 7.38. The zero-order chi connectivity index (χ0) is 14.7. The fraction of sp³-hybridized carbons (Fsp3) is 0.0526. The van der Waals surface area contributed by atoms with Gasteiger partial charge in [-0.2, -0.15) is 0 Å². The molecule has 0 saturated carbocycles. The SMILES string of the molecule is C#Cc1nc(-c2ccccn2)ccc1-c1ccc(C)cc1. The molecular formula is C19H14N2. The second kappa shape index (κ2) is 5.60. The van der Waals surface area contributed by atoms with Crippen molar-refractivity contribution in [3.05, 3.63) is 72.1 Å². The van der Waals surface area contributed by atoms with Gasteiger partial charge >= 0.3 is 0 Å². The number of nitrogens with zero attached hydrogens (tertiary/aromatic N) is 2. The molecule has 0 aliphatic rings. The lowest BCUT2D eigenvalue weighted by molar-refractivity contribution is 1.23. The quantitative estimate of drug-likeness (QED) is 0.655. The Morgan fingerprint density at radius 3 is 2.38 bits per heavy atom. The van der Waals surface area contributed by atoms with Gasteiger partial charge in [-0.15, -0.1) is 6.42 Å². The number of rotatable bonds is 2. The third-order valence-corrected chi connectivity index (χ3v) is 3.32. The van der Waals surface area contributed by atoms with Crippen molar-refractivity contribution < 1.29 is 0 Å². The van der Waals surface area contributed by atoms with Crippen LogP contribution in [0.4, 0.5) is 0 Å². The molecule has 0 spiro atoms. The van der Waals surface area contributed by atoms with E-state index in [0.717, 1.165) is 22.5 Å². The fourth-order valence-electron chi connectivity index (χ4n) is 2.19. The van der Waals surface area contributed by atoms with Crippen LogP contribution < -0.4 is 0 Å². The second-order valence-corrected chi connectivity index (χ2v) is 4.82. The van der Waals surface area contributed by atoms with Crippen LogP contribution in [0.3, 0.4) is 0 Å². The first-order valence-corrected chi connectivity index (χ1v) is 6.74. The van der Waals surface area contributed by atoms with Crippen LogP contribution in [0.2, 0.25) is 0 Å². The summed E-state index contributed by atoms with van der Waals surface area (Å²) < 4.78 is 0. The Bertz CT molecular complexity index is 797. The molecule has 0 N–H and O–H groups in total. The first-order valence-electron chi connectivity index (χ1n) is 6.74. The van der Waals surface area contributed by atoms with Gasteiger partial charge in [-0.25, -0.2) is 4.98 Å². The van der Waals surface area contributed by atoms with E-state index >= 15 is 0 Å². The number of terminal acetylenes is 1. The predicted octanol–water partition coefficient (Wildman–Crippen LogP) is 4.10. The maximum Gasteiger partial charge on any atom is 0.121 e. The van der Waals surface area contributed by atoms with Crippen molar-refractivity contribution >= 4 is 0 Å². The molecular weight excluding hydrogens is 256 g/mol. The van der Waals surface area contributed by atoms with Crippen molar-refractivity contribution in [2.24, 2.45) is 0 Å². The molecule has 0 aliphatic carbocycles. The lowest BCUT2D eigenvalue weighted by Gasteiger charge is -2.07. The van der Waals surface area contributed by atoms with Crippen LogP contribution in [-0.4, -0.2) is 9.97 Å². The zero-order valence-electron chi connectivity index (χ0n) is 11.7. The Kier molecular flexibility index (Phi) is 3.49. The molecule has 2 aromatic heterocycles. The number of hydrogen-bond donors (Lipinski definition) is 0. The average molecular weight is 270 g/mol. The highest BCUT2D eigenvalue weighted by atomic mass is 14.8. The highest BCUT2D eigenvalue weighted by Gasteiger charge is 2.08. The van der Waals surface area contributed by atoms with Gasteiger partial charge in [-0.3, -0.25) is 4.98 Å². The van der Waals surface area contributed by atoms with Gasteiger partial charge in [0.1, 0.15) is 5.69 Å². The number of aromatic nitrogens is 2. The molecule has 3 rings (SSSR count). The molecule has 3 aromatic rings. The van der Waals surface area contributed by atoms with E-state index < -0.39 is 0 Å². The molecule has 0 fully saturated rings. The number of pyridine rings is 2. The monoisotopic (exact) mass is 270 g/mol. The van der Waals surface area contributed by atoms with Crippen molar-refractivity contribution in [3.8, 4) is 34.9 Å². The summed E-state index contributed by atoms with van der Waals surface area (Å²) in [5.74, 6) is 2.68. The Hall–Kier alpha value is -2.92. The number of hydrogen-bond acceptors (Lipinski definition) is 2. The molecule has 0 saturated heterocycles. The van der Waals surface area contributed by atoms with Crippen LogP contribution in [0.5, 0.6) is 0 Å². The summed E-state index contributed by atoms with van der Waals surface area (Å²) in [5.41, 5.74) is 5.52. The Morgan fingerprint density at radius 2 is 1.71 bits per heavy atom. The molecule has 2 heteroatoms. The minimum Gasteiger partial charge on any atom is -0.255 e. The molecule has 1 aromatic carbocycles. The van der Waals surface area contributed by atoms with Gasteiger partial charge in [0.05, 0.1) is 11.4 Å². The van der Waals surface area contributed by atoms with E-state index in [4.69, 9.17) is 6.42 Å². The van der Waals surface area contributed by atoms with Crippen LogP contribution in [0, 0.1) is 19.3 Å². The molecule has 0 aliphatic heterocycles. The van der Waals surface area contributed by atoms with E-state index in [1.54, 1.807) is 6.20 Å². The van der Waals surface area contributed by atoms with E-state index in [0.29, 0.717) is 5.69 Å². The van der Waals surface area contributed by atoms with Gasteiger partial charge in [-0.1, -0.05) is 35.9 Å². The number of benzene rings is 1. The minimum absolute atomic E-state index is 0.641. The zero-order valence-corrected chi connectivity index (χ0v) is 11.7. The van der Waals surface area contributed by atoms with Crippen LogP contribution in [0.15, 0.2) is 60.8 Å². The van der Waals surface area contributed by atoms with Crippen molar-refractivity contribution in [2.45, 2.75) is 6.92 Å². The molecule has 0 bridgehead atoms. The first kappa shape index (κ1) is 13.1. The Balaban J connectivity index is 2.08. The lowest BCUT2D eigenvalue weighted by Crippen LogP contribution is -1.93. The molecule has 2 heterocycles. The van der Waals surface area contributed by atoms with Crippen molar-refractivity contribution in [1.82, 2.24) is 9.97 Å². The summed E-state index contributed by atoms with van der Waals surface area (Å²) in [5, 5.41) is 0. The normalized spacial score (nSPS) is 10.1. The van der Waals surface area contributed by atoms with E-state index in [1.165, 1.54) is 5.56 Å². The predicted molar refractivity (Wildman–Crippen MR) is 85.6 cm³/mol. The summed E-state index contributed by atoms with van der Waals surface area (Å²) in [7, 11) is 0. The topological polar surface area (TPSA) is 25.8 Å². The lowest BCUT2D eigenvalue weighted by atomic mass is 10.0. The number of aryl methyl sites for hydroxylation is 1. The smallest absolute Gasteiger partial charge is 0.121 e.